The van der Waals surface area contributed by atoms with Gasteiger partial charge >= 0.3 is 0 Å². The number of hydrogen-bond donors (Lipinski definition) is 0. The summed E-state index contributed by atoms with van der Waals surface area (Å²) in [5.41, 5.74) is 0. The SMILES string of the molecule is CCC1CCC(/C=C/C2CCC(C3CCC(C)CC3)CC2)CC1. The average Bonchev–Trinajstić information content (AvgIpc) is 2.61. The van der Waals surface area contributed by atoms with Crippen molar-refractivity contribution in [1.82, 2.24) is 0 Å². The van der Waals surface area contributed by atoms with Gasteiger partial charge in [-0.25, -0.2) is 0 Å². The van der Waals surface area contributed by atoms with E-state index in [9.17, 15) is 0 Å². The van der Waals surface area contributed by atoms with Gasteiger partial charge in [0.2, 0.25) is 0 Å². The summed E-state index contributed by atoms with van der Waals surface area (Å²) in [6, 6.07) is 0. The third kappa shape index (κ3) is 5.10. The fourth-order valence-corrected chi connectivity index (χ4v) is 5.67. The molecule has 23 heavy (non-hydrogen) atoms. The predicted octanol–water partition coefficient (Wildman–Crippen LogP) is 7.39. The molecule has 0 heteroatoms. The Morgan fingerprint density at radius 3 is 1.52 bits per heavy atom. The molecule has 0 atom stereocenters. The highest BCUT2D eigenvalue weighted by molar-refractivity contribution is 4.96. The van der Waals surface area contributed by atoms with E-state index in [0.717, 1.165) is 35.5 Å². The van der Waals surface area contributed by atoms with Crippen molar-refractivity contribution in [3.05, 3.63) is 12.2 Å². The minimum absolute atomic E-state index is 0.912. The molecule has 0 heterocycles. The van der Waals surface area contributed by atoms with Crippen molar-refractivity contribution in [2.45, 2.75) is 97.3 Å². The first-order chi connectivity index (χ1) is 11.2. The monoisotopic (exact) mass is 316 g/mol. The van der Waals surface area contributed by atoms with Crippen molar-refractivity contribution in [3.63, 3.8) is 0 Å². The largest absolute Gasteiger partial charge is 0.0851 e. The zero-order valence-corrected chi connectivity index (χ0v) is 15.8. The zero-order chi connectivity index (χ0) is 16.1. The lowest BCUT2D eigenvalue weighted by Gasteiger charge is -2.36. The van der Waals surface area contributed by atoms with Gasteiger partial charge in [-0.05, 0) is 99.7 Å². The lowest BCUT2D eigenvalue weighted by molar-refractivity contribution is 0.160. The van der Waals surface area contributed by atoms with Crippen LogP contribution >= 0.6 is 0 Å². The Kier molecular flexibility index (Phi) is 6.66. The first-order valence-electron chi connectivity index (χ1n) is 10.9. The molecule has 0 aromatic rings. The summed E-state index contributed by atoms with van der Waals surface area (Å²) >= 11 is 0. The Bertz CT molecular complexity index is 344. The maximum atomic E-state index is 2.64. The Morgan fingerprint density at radius 2 is 1.04 bits per heavy atom. The fourth-order valence-electron chi connectivity index (χ4n) is 5.67. The van der Waals surface area contributed by atoms with Crippen LogP contribution in [0.1, 0.15) is 97.3 Å². The Labute approximate surface area is 145 Å². The van der Waals surface area contributed by atoms with Crippen LogP contribution in [-0.4, -0.2) is 0 Å². The van der Waals surface area contributed by atoms with E-state index >= 15 is 0 Å². The normalized spacial score (nSPS) is 42.9. The molecule has 0 aromatic heterocycles. The summed E-state index contributed by atoms with van der Waals surface area (Å²) in [6.45, 7) is 4.82. The molecule has 3 saturated carbocycles. The first kappa shape index (κ1) is 17.6. The van der Waals surface area contributed by atoms with Gasteiger partial charge in [-0.3, -0.25) is 0 Å². The van der Waals surface area contributed by atoms with E-state index in [0.29, 0.717) is 0 Å². The van der Waals surface area contributed by atoms with E-state index in [1.807, 2.05) is 0 Å². The van der Waals surface area contributed by atoms with E-state index in [1.54, 1.807) is 0 Å². The van der Waals surface area contributed by atoms with Crippen LogP contribution in [0.25, 0.3) is 0 Å². The third-order valence-electron chi connectivity index (χ3n) is 7.67. The van der Waals surface area contributed by atoms with Gasteiger partial charge in [-0.1, -0.05) is 45.3 Å². The van der Waals surface area contributed by atoms with Gasteiger partial charge in [0.1, 0.15) is 0 Å². The maximum Gasteiger partial charge on any atom is -0.0233 e. The van der Waals surface area contributed by atoms with Crippen molar-refractivity contribution in [2.24, 2.45) is 35.5 Å². The van der Waals surface area contributed by atoms with Crippen LogP contribution in [0.5, 0.6) is 0 Å². The third-order valence-corrected chi connectivity index (χ3v) is 7.67. The van der Waals surface area contributed by atoms with Gasteiger partial charge in [0, 0.05) is 0 Å². The second-order valence-electron chi connectivity index (χ2n) is 9.27. The van der Waals surface area contributed by atoms with Gasteiger partial charge < -0.3 is 0 Å². The Balaban J connectivity index is 1.37. The van der Waals surface area contributed by atoms with E-state index < -0.39 is 0 Å². The summed E-state index contributed by atoms with van der Waals surface area (Å²) in [7, 11) is 0. The van der Waals surface area contributed by atoms with Crippen molar-refractivity contribution >= 4 is 0 Å². The lowest BCUT2D eigenvalue weighted by atomic mass is 9.69. The highest BCUT2D eigenvalue weighted by Crippen LogP contribution is 2.41. The second-order valence-corrected chi connectivity index (χ2v) is 9.27. The fraction of sp³-hybridized carbons (Fsp3) is 0.913. The molecule has 0 aromatic carbocycles. The minimum Gasteiger partial charge on any atom is -0.0851 e. The molecule has 0 unspecified atom stereocenters. The summed E-state index contributed by atoms with van der Waals surface area (Å²) in [4.78, 5) is 0. The highest BCUT2D eigenvalue weighted by atomic mass is 14.3. The molecular formula is C23H40. The standard InChI is InChI=1S/C23H40/c1-3-19-6-8-20(9-7-19)10-11-21-12-16-23(17-13-21)22-14-4-18(2)5-15-22/h10-11,18-23H,3-9,12-17H2,1-2H3/b11-10+. The van der Waals surface area contributed by atoms with E-state index in [1.165, 1.54) is 83.5 Å². The van der Waals surface area contributed by atoms with Crippen LogP contribution in [0.15, 0.2) is 12.2 Å². The minimum atomic E-state index is 0.912. The van der Waals surface area contributed by atoms with Crippen molar-refractivity contribution in [1.29, 1.82) is 0 Å². The van der Waals surface area contributed by atoms with E-state index in [2.05, 4.69) is 26.0 Å². The molecule has 0 N–H and O–H groups in total. The summed E-state index contributed by atoms with van der Waals surface area (Å²) < 4.78 is 0. The Morgan fingerprint density at radius 1 is 0.609 bits per heavy atom. The van der Waals surface area contributed by atoms with Crippen LogP contribution in [0, 0.1) is 35.5 Å². The number of hydrogen-bond acceptors (Lipinski definition) is 0. The molecular weight excluding hydrogens is 276 g/mol. The van der Waals surface area contributed by atoms with Crippen LogP contribution in [0.2, 0.25) is 0 Å². The Hall–Kier alpha value is -0.260. The smallest absolute Gasteiger partial charge is 0.0233 e. The highest BCUT2D eigenvalue weighted by Gasteiger charge is 2.29. The first-order valence-corrected chi connectivity index (χ1v) is 10.9. The van der Waals surface area contributed by atoms with Crippen LogP contribution in [-0.2, 0) is 0 Å². The molecule has 3 aliphatic rings. The number of allylic oxidation sites excluding steroid dienone is 2. The van der Waals surface area contributed by atoms with Crippen molar-refractivity contribution < 1.29 is 0 Å². The summed E-state index contributed by atoms with van der Waals surface area (Å²) in [5.74, 6) is 6.03. The van der Waals surface area contributed by atoms with Crippen molar-refractivity contribution in [3.8, 4) is 0 Å². The molecule has 3 fully saturated rings. The van der Waals surface area contributed by atoms with Gasteiger partial charge in [0.05, 0.1) is 0 Å². The molecule has 3 rings (SSSR count). The van der Waals surface area contributed by atoms with E-state index in [4.69, 9.17) is 0 Å². The topological polar surface area (TPSA) is 0 Å². The molecule has 0 bridgehead atoms. The van der Waals surface area contributed by atoms with Crippen molar-refractivity contribution in [2.75, 3.05) is 0 Å². The van der Waals surface area contributed by atoms with Crippen LogP contribution in [0.4, 0.5) is 0 Å². The van der Waals surface area contributed by atoms with Crippen LogP contribution in [0.3, 0.4) is 0 Å². The average molecular weight is 317 g/mol. The van der Waals surface area contributed by atoms with E-state index in [-0.39, 0.29) is 0 Å². The molecule has 0 nitrogen and oxygen atoms in total. The molecule has 0 amide bonds. The molecule has 0 spiro atoms. The lowest BCUT2D eigenvalue weighted by Crippen LogP contribution is -2.24. The molecule has 0 saturated heterocycles. The molecule has 132 valence electrons. The van der Waals surface area contributed by atoms with Gasteiger partial charge in [0.15, 0.2) is 0 Å². The quantitative estimate of drug-likeness (QED) is 0.474. The van der Waals surface area contributed by atoms with Gasteiger partial charge in [-0.2, -0.15) is 0 Å². The number of rotatable bonds is 4. The summed E-state index contributed by atoms with van der Waals surface area (Å²) in [5, 5.41) is 0. The maximum absolute atomic E-state index is 2.64. The second kappa shape index (κ2) is 8.72. The molecule has 0 radical (unpaired) electrons. The van der Waals surface area contributed by atoms with Gasteiger partial charge in [-0.15, -0.1) is 0 Å². The molecule has 0 aliphatic heterocycles. The molecule has 3 aliphatic carbocycles. The zero-order valence-electron chi connectivity index (χ0n) is 15.8. The summed E-state index contributed by atoms with van der Waals surface area (Å²) in [6.07, 6.45) is 24.7. The van der Waals surface area contributed by atoms with Gasteiger partial charge in [0.25, 0.3) is 0 Å². The predicted molar refractivity (Wildman–Crippen MR) is 101 cm³/mol. The van der Waals surface area contributed by atoms with Crippen LogP contribution < -0.4 is 0 Å².